The molecule has 3 aromatic carbocycles. The second kappa shape index (κ2) is 11.0. The molecule has 0 aliphatic heterocycles. The highest BCUT2D eigenvalue weighted by Crippen LogP contribution is 2.16. The van der Waals surface area contributed by atoms with E-state index in [2.05, 4.69) is 17.4 Å². The van der Waals surface area contributed by atoms with E-state index in [-0.39, 0.29) is 11.8 Å². The Bertz CT molecular complexity index is 981. The van der Waals surface area contributed by atoms with Gasteiger partial charge in [-0.05, 0) is 53.9 Å². The topological polar surface area (TPSA) is 58.6 Å². The fourth-order valence-electron chi connectivity index (χ4n) is 3.07. The number of carbonyl (C=O) groups excluding carboxylic acids is 2. The van der Waals surface area contributed by atoms with E-state index in [9.17, 15) is 9.59 Å². The van der Waals surface area contributed by atoms with Gasteiger partial charge >= 0.3 is 0 Å². The van der Waals surface area contributed by atoms with Crippen LogP contribution in [0, 0.1) is 0 Å². The van der Waals surface area contributed by atoms with Crippen LogP contribution in [0.2, 0.25) is 0 Å². The number of nitrogens with one attached hydrogen (secondary N) is 1. The third kappa shape index (κ3) is 7.00. The number of carbonyl (C=O) groups is 2. The Kier molecular flexibility index (Phi) is 7.82. The van der Waals surface area contributed by atoms with Gasteiger partial charge in [0.2, 0.25) is 5.91 Å². The zero-order valence-corrected chi connectivity index (χ0v) is 18.0. The van der Waals surface area contributed by atoms with Crippen molar-refractivity contribution in [3.8, 4) is 5.75 Å². The summed E-state index contributed by atoms with van der Waals surface area (Å²) in [5, 5.41) is 2.90. The molecule has 160 valence electrons. The third-order valence-electron chi connectivity index (χ3n) is 4.96. The summed E-state index contributed by atoms with van der Waals surface area (Å²) in [7, 11) is 3.51. The number of benzene rings is 3. The number of hydrogen-bond acceptors (Lipinski definition) is 3. The highest BCUT2D eigenvalue weighted by atomic mass is 16.5. The number of amides is 2. The number of ether oxygens (including phenoxy) is 1. The van der Waals surface area contributed by atoms with Crippen molar-refractivity contribution in [1.82, 2.24) is 4.90 Å². The Morgan fingerprint density at radius 1 is 0.806 bits per heavy atom. The minimum Gasteiger partial charge on any atom is -0.493 e. The van der Waals surface area contributed by atoms with Crippen molar-refractivity contribution >= 4 is 17.5 Å². The molecule has 0 saturated carbocycles. The standard InChI is InChI=1S/C26H28N2O3/c1-28(2)25(29)17-10-21-8-13-23(14-9-21)27-26(30)22-11-15-24(16-12-22)31-19-18-20-6-4-3-5-7-20/h3-9,11-16H,10,17-19H2,1-2H3,(H,27,30). The van der Waals surface area contributed by atoms with Crippen LogP contribution in [-0.2, 0) is 17.6 Å². The molecule has 0 aliphatic rings. The number of aryl methyl sites for hydroxylation is 1. The molecule has 5 nitrogen and oxygen atoms in total. The predicted octanol–water partition coefficient (Wildman–Crippen LogP) is 4.58. The average molecular weight is 417 g/mol. The Hall–Kier alpha value is -3.60. The first-order valence-electron chi connectivity index (χ1n) is 10.4. The number of anilines is 1. The highest BCUT2D eigenvalue weighted by molar-refractivity contribution is 6.04. The Balaban J connectivity index is 1.47. The smallest absolute Gasteiger partial charge is 0.255 e. The second-order valence-corrected chi connectivity index (χ2v) is 7.55. The molecule has 3 aromatic rings. The Morgan fingerprint density at radius 2 is 1.45 bits per heavy atom. The summed E-state index contributed by atoms with van der Waals surface area (Å²) in [6.07, 6.45) is 1.98. The summed E-state index contributed by atoms with van der Waals surface area (Å²) in [5.41, 5.74) is 3.57. The van der Waals surface area contributed by atoms with Crippen molar-refractivity contribution in [3.63, 3.8) is 0 Å². The molecule has 0 spiro atoms. The van der Waals surface area contributed by atoms with Crippen LogP contribution in [0.1, 0.15) is 27.9 Å². The second-order valence-electron chi connectivity index (χ2n) is 7.55. The van der Waals surface area contributed by atoms with Crippen LogP contribution in [0.4, 0.5) is 5.69 Å². The van der Waals surface area contributed by atoms with E-state index < -0.39 is 0 Å². The summed E-state index contributed by atoms with van der Waals surface area (Å²) < 4.78 is 5.77. The molecule has 0 aliphatic carbocycles. The van der Waals surface area contributed by atoms with Crippen molar-refractivity contribution in [2.45, 2.75) is 19.3 Å². The molecule has 0 fully saturated rings. The van der Waals surface area contributed by atoms with Gasteiger partial charge < -0.3 is 15.0 Å². The fourth-order valence-corrected chi connectivity index (χ4v) is 3.07. The molecule has 0 heterocycles. The molecule has 0 bridgehead atoms. The number of nitrogens with zero attached hydrogens (tertiary/aromatic N) is 1. The van der Waals surface area contributed by atoms with Crippen LogP contribution in [0.3, 0.4) is 0 Å². The minimum atomic E-state index is -0.175. The van der Waals surface area contributed by atoms with Gasteiger partial charge in [-0.1, -0.05) is 42.5 Å². The summed E-state index contributed by atoms with van der Waals surface area (Å²) >= 11 is 0. The SMILES string of the molecule is CN(C)C(=O)CCc1ccc(NC(=O)c2ccc(OCCc3ccccc3)cc2)cc1. The average Bonchev–Trinajstić information content (AvgIpc) is 2.79. The van der Waals surface area contributed by atoms with Crippen LogP contribution in [0.5, 0.6) is 5.75 Å². The first-order chi connectivity index (χ1) is 15.0. The van der Waals surface area contributed by atoms with Crippen molar-refractivity contribution in [2.75, 3.05) is 26.0 Å². The van der Waals surface area contributed by atoms with E-state index >= 15 is 0 Å². The number of hydrogen-bond donors (Lipinski definition) is 1. The van der Waals surface area contributed by atoms with E-state index in [0.29, 0.717) is 25.0 Å². The molecular formula is C26H28N2O3. The molecule has 2 amide bonds. The summed E-state index contributed by atoms with van der Waals surface area (Å²) in [4.78, 5) is 25.8. The lowest BCUT2D eigenvalue weighted by molar-refractivity contribution is -0.128. The van der Waals surface area contributed by atoms with Gasteiger partial charge in [0.15, 0.2) is 0 Å². The molecule has 0 radical (unpaired) electrons. The van der Waals surface area contributed by atoms with Crippen LogP contribution in [0.15, 0.2) is 78.9 Å². The van der Waals surface area contributed by atoms with Gasteiger partial charge in [0.1, 0.15) is 5.75 Å². The first-order valence-corrected chi connectivity index (χ1v) is 10.4. The lowest BCUT2D eigenvalue weighted by Gasteiger charge is -2.10. The zero-order chi connectivity index (χ0) is 22.1. The van der Waals surface area contributed by atoms with Gasteiger partial charge in [0, 0.05) is 38.2 Å². The van der Waals surface area contributed by atoms with Crippen molar-refractivity contribution < 1.29 is 14.3 Å². The Labute approximate surface area is 183 Å². The van der Waals surface area contributed by atoms with Crippen molar-refractivity contribution in [1.29, 1.82) is 0 Å². The maximum atomic E-state index is 12.5. The summed E-state index contributed by atoms with van der Waals surface area (Å²) in [5.74, 6) is 0.667. The van der Waals surface area contributed by atoms with Crippen LogP contribution >= 0.6 is 0 Å². The molecule has 0 atom stereocenters. The van der Waals surface area contributed by atoms with E-state index in [4.69, 9.17) is 4.74 Å². The van der Waals surface area contributed by atoms with Crippen LogP contribution in [-0.4, -0.2) is 37.4 Å². The van der Waals surface area contributed by atoms with Crippen LogP contribution in [0.25, 0.3) is 0 Å². The summed E-state index contributed by atoms with van der Waals surface area (Å²) in [6, 6.07) is 24.9. The van der Waals surface area contributed by atoms with Gasteiger partial charge in [-0.25, -0.2) is 0 Å². The molecule has 0 aromatic heterocycles. The van der Waals surface area contributed by atoms with Gasteiger partial charge in [-0.3, -0.25) is 9.59 Å². The fraction of sp³-hybridized carbons (Fsp3) is 0.231. The highest BCUT2D eigenvalue weighted by Gasteiger charge is 2.08. The molecule has 1 N–H and O–H groups in total. The normalized spacial score (nSPS) is 10.4. The number of rotatable bonds is 9. The van der Waals surface area contributed by atoms with E-state index in [1.165, 1.54) is 5.56 Å². The van der Waals surface area contributed by atoms with Gasteiger partial charge in [0.05, 0.1) is 6.61 Å². The molecular weight excluding hydrogens is 388 g/mol. The predicted molar refractivity (Wildman–Crippen MR) is 123 cm³/mol. The molecule has 3 rings (SSSR count). The molecule has 5 heteroatoms. The minimum absolute atomic E-state index is 0.102. The monoisotopic (exact) mass is 416 g/mol. The molecule has 0 saturated heterocycles. The third-order valence-corrected chi connectivity index (χ3v) is 4.96. The van der Waals surface area contributed by atoms with E-state index in [0.717, 1.165) is 23.4 Å². The van der Waals surface area contributed by atoms with Crippen molar-refractivity contribution in [2.24, 2.45) is 0 Å². The van der Waals surface area contributed by atoms with Crippen molar-refractivity contribution in [3.05, 3.63) is 95.6 Å². The van der Waals surface area contributed by atoms with Gasteiger partial charge in [0.25, 0.3) is 5.91 Å². The van der Waals surface area contributed by atoms with E-state index in [1.807, 2.05) is 54.6 Å². The maximum absolute atomic E-state index is 12.5. The quantitative estimate of drug-likeness (QED) is 0.555. The maximum Gasteiger partial charge on any atom is 0.255 e. The first kappa shape index (κ1) is 22.1. The molecule has 0 unspecified atom stereocenters. The van der Waals surface area contributed by atoms with Crippen LogP contribution < -0.4 is 10.1 Å². The zero-order valence-electron chi connectivity index (χ0n) is 18.0. The molecule has 31 heavy (non-hydrogen) atoms. The summed E-state index contributed by atoms with van der Waals surface area (Å²) in [6.45, 7) is 0.585. The van der Waals surface area contributed by atoms with E-state index in [1.54, 1.807) is 31.1 Å². The lowest BCUT2D eigenvalue weighted by Crippen LogP contribution is -2.21. The van der Waals surface area contributed by atoms with Gasteiger partial charge in [-0.2, -0.15) is 0 Å². The Morgan fingerprint density at radius 3 is 2.10 bits per heavy atom. The van der Waals surface area contributed by atoms with Gasteiger partial charge in [-0.15, -0.1) is 0 Å². The largest absolute Gasteiger partial charge is 0.493 e. The lowest BCUT2D eigenvalue weighted by atomic mass is 10.1.